The summed E-state index contributed by atoms with van der Waals surface area (Å²) in [4.78, 5) is 0. The molecular formula is C16H22ClN3S. The van der Waals surface area contributed by atoms with E-state index in [0.717, 1.165) is 52.1 Å². The van der Waals surface area contributed by atoms with Crippen molar-refractivity contribution < 1.29 is 0 Å². The first kappa shape index (κ1) is 16.4. The lowest BCUT2D eigenvalue weighted by atomic mass is 10.2. The number of halogens is 1. The van der Waals surface area contributed by atoms with Crippen molar-refractivity contribution >= 4 is 22.9 Å². The van der Waals surface area contributed by atoms with Gasteiger partial charge >= 0.3 is 0 Å². The molecule has 0 aliphatic rings. The number of aryl methyl sites for hydroxylation is 2. The van der Waals surface area contributed by atoms with E-state index in [0.29, 0.717) is 5.92 Å². The van der Waals surface area contributed by atoms with Crippen LogP contribution >= 0.6 is 22.9 Å². The maximum atomic E-state index is 6.28. The molecule has 0 radical (unpaired) electrons. The summed E-state index contributed by atoms with van der Waals surface area (Å²) in [5, 5.41) is 14.7. The van der Waals surface area contributed by atoms with Gasteiger partial charge in [-0.15, -0.1) is 10.2 Å². The zero-order valence-corrected chi connectivity index (χ0v) is 14.4. The van der Waals surface area contributed by atoms with Gasteiger partial charge in [-0.05, 0) is 44.0 Å². The molecule has 0 amide bonds. The molecule has 2 rings (SSSR count). The average molecular weight is 324 g/mol. The second-order valence-electron chi connectivity index (χ2n) is 5.69. The number of benzene rings is 1. The minimum absolute atomic E-state index is 0.696. The van der Waals surface area contributed by atoms with Gasteiger partial charge in [0.25, 0.3) is 0 Å². The Morgan fingerprint density at radius 3 is 2.81 bits per heavy atom. The molecular weight excluding hydrogens is 302 g/mol. The summed E-state index contributed by atoms with van der Waals surface area (Å²) in [6.45, 7) is 8.56. The fourth-order valence-electron chi connectivity index (χ4n) is 2.01. The zero-order chi connectivity index (χ0) is 15.2. The summed E-state index contributed by atoms with van der Waals surface area (Å²) in [6, 6.07) is 6.04. The predicted octanol–water partition coefficient (Wildman–Crippen LogP) is 4.35. The van der Waals surface area contributed by atoms with E-state index < -0.39 is 0 Å². The maximum Gasteiger partial charge on any atom is 0.149 e. The van der Waals surface area contributed by atoms with Gasteiger partial charge in [-0.25, -0.2) is 0 Å². The van der Waals surface area contributed by atoms with E-state index in [4.69, 9.17) is 11.6 Å². The molecule has 0 saturated heterocycles. The SMILES string of the molecule is Cc1ccc(-c2nnc(CCCNCC(C)C)s2)c(Cl)c1. The molecule has 0 atom stereocenters. The molecule has 114 valence electrons. The van der Waals surface area contributed by atoms with Crippen LogP contribution < -0.4 is 5.32 Å². The molecule has 0 unspecified atom stereocenters. The van der Waals surface area contributed by atoms with Gasteiger partial charge < -0.3 is 5.32 Å². The molecule has 21 heavy (non-hydrogen) atoms. The van der Waals surface area contributed by atoms with Gasteiger partial charge in [0.2, 0.25) is 0 Å². The van der Waals surface area contributed by atoms with Gasteiger partial charge in [0, 0.05) is 12.0 Å². The second-order valence-corrected chi connectivity index (χ2v) is 7.16. The van der Waals surface area contributed by atoms with Gasteiger partial charge in [-0.3, -0.25) is 0 Å². The van der Waals surface area contributed by atoms with Crippen LogP contribution in [-0.2, 0) is 6.42 Å². The van der Waals surface area contributed by atoms with Crippen molar-refractivity contribution in [3.05, 3.63) is 33.8 Å². The highest BCUT2D eigenvalue weighted by atomic mass is 35.5. The van der Waals surface area contributed by atoms with E-state index in [1.54, 1.807) is 11.3 Å². The van der Waals surface area contributed by atoms with Gasteiger partial charge in [-0.2, -0.15) is 0 Å². The summed E-state index contributed by atoms with van der Waals surface area (Å²) >= 11 is 7.91. The monoisotopic (exact) mass is 323 g/mol. The molecule has 0 aliphatic heterocycles. The van der Waals surface area contributed by atoms with Crippen LogP contribution in [0.4, 0.5) is 0 Å². The van der Waals surface area contributed by atoms with Crippen molar-refractivity contribution in [3.63, 3.8) is 0 Å². The number of aromatic nitrogens is 2. The largest absolute Gasteiger partial charge is 0.316 e. The van der Waals surface area contributed by atoms with Crippen molar-refractivity contribution in [2.45, 2.75) is 33.6 Å². The first-order valence-corrected chi connectivity index (χ1v) is 8.55. The Bertz CT molecular complexity index is 581. The zero-order valence-electron chi connectivity index (χ0n) is 12.8. The highest BCUT2D eigenvalue weighted by Crippen LogP contribution is 2.31. The van der Waals surface area contributed by atoms with E-state index in [1.165, 1.54) is 0 Å². The van der Waals surface area contributed by atoms with Crippen molar-refractivity contribution in [1.29, 1.82) is 0 Å². The topological polar surface area (TPSA) is 37.8 Å². The van der Waals surface area contributed by atoms with E-state index in [9.17, 15) is 0 Å². The van der Waals surface area contributed by atoms with Crippen LogP contribution in [-0.4, -0.2) is 23.3 Å². The van der Waals surface area contributed by atoms with E-state index in [1.807, 2.05) is 19.1 Å². The third kappa shape index (κ3) is 5.06. The highest BCUT2D eigenvalue weighted by Gasteiger charge is 2.10. The van der Waals surface area contributed by atoms with Crippen molar-refractivity contribution in [3.8, 4) is 10.6 Å². The van der Waals surface area contributed by atoms with Crippen LogP contribution in [0.3, 0.4) is 0 Å². The molecule has 1 heterocycles. The van der Waals surface area contributed by atoms with Crippen LogP contribution in [0.5, 0.6) is 0 Å². The summed E-state index contributed by atoms with van der Waals surface area (Å²) in [5.41, 5.74) is 2.13. The Morgan fingerprint density at radius 1 is 1.29 bits per heavy atom. The minimum atomic E-state index is 0.696. The first-order valence-electron chi connectivity index (χ1n) is 7.36. The third-order valence-electron chi connectivity index (χ3n) is 3.12. The highest BCUT2D eigenvalue weighted by molar-refractivity contribution is 7.14. The molecule has 0 bridgehead atoms. The lowest BCUT2D eigenvalue weighted by Gasteiger charge is -2.05. The maximum absolute atomic E-state index is 6.28. The van der Waals surface area contributed by atoms with Gasteiger partial charge in [0.05, 0.1) is 5.02 Å². The molecule has 2 aromatic rings. The fraction of sp³-hybridized carbons (Fsp3) is 0.500. The van der Waals surface area contributed by atoms with E-state index in [-0.39, 0.29) is 0 Å². The van der Waals surface area contributed by atoms with Gasteiger partial charge in [0.1, 0.15) is 10.0 Å². The number of hydrogen-bond donors (Lipinski definition) is 1. The molecule has 0 saturated carbocycles. The fourth-order valence-corrected chi connectivity index (χ4v) is 3.31. The van der Waals surface area contributed by atoms with Crippen molar-refractivity contribution in [1.82, 2.24) is 15.5 Å². The number of rotatable bonds is 7. The summed E-state index contributed by atoms with van der Waals surface area (Å²) in [6.07, 6.45) is 2.05. The number of hydrogen-bond acceptors (Lipinski definition) is 4. The van der Waals surface area contributed by atoms with E-state index >= 15 is 0 Å². The predicted molar refractivity (Wildman–Crippen MR) is 91.1 cm³/mol. The Hall–Kier alpha value is -0.970. The van der Waals surface area contributed by atoms with Gasteiger partial charge in [0.15, 0.2) is 0 Å². The summed E-state index contributed by atoms with van der Waals surface area (Å²) < 4.78 is 0. The molecule has 0 fully saturated rings. The first-order chi connectivity index (χ1) is 10.1. The molecule has 0 spiro atoms. The standard InChI is InChI=1S/C16H22ClN3S/c1-11(2)10-18-8-4-5-15-19-20-16(21-15)13-7-6-12(3)9-14(13)17/h6-7,9,11,18H,4-5,8,10H2,1-3H3. The summed E-state index contributed by atoms with van der Waals surface area (Å²) in [5.74, 6) is 0.696. The third-order valence-corrected chi connectivity index (χ3v) is 4.45. The molecule has 5 heteroatoms. The van der Waals surface area contributed by atoms with Crippen LogP contribution in [0.2, 0.25) is 5.02 Å². The smallest absolute Gasteiger partial charge is 0.149 e. The Morgan fingerprint density at radius 2 is 2.10 bits per heavy atom. The minimum Gasteiger partial charge on any atom is -0.316 e. The number of nitrogens with one attached hydrogen (secondary N) is 1. The second kappa shape index (κ2) is 7.87. The lowest BCUT2D eigenvalue weighted by molar-refractivity contribution is 0.542. The van der Waals surface area contributed by atoms with E-state index in [2.05, 4.69) is 35.4 Å². The van der Waals surface area contributed by atoms with Crippen LogP contribution in [0.1, 0.15) is 30.8 Å². The number of nitrogens with zero attached hydrogens (tertiary/aromatic N) is 2. The molecule has 1 aromatic heterocycles. The molecule has 1 N–H and O–H groups in total. The van der Waals surface area contributed by atoms with Gasteiger partial charge in [-0.1, -0.05) is 48.9 Å². The lowest BCUT2D eigenvalue weighted by Crippen LogP contribution is -2.21. The molecule has 1 aromatic carbocycles. The van der Waals surface area contributed by atoms with Crippen molar-refractivity contribution in [2.75, 3.05) is 13.1 Å². The Labute approximate surface area is 135 Å². The molecule has 3 nitrogen and oxygen atoms in total. The van der Waals surface area contributed by atoms with Crippen LogP contribution in [0.15, 0.2) is 18.2 Å². The van der Waals surface area contributed by atoms with Crippen LogP contribution in [0, 0.1) is 12.8 Å². The quantitative estimate of drug-likeness (QED) is 0.770. The Kier molecular flexibility index (Phi) is 6.15. The summed E-state index contributed by atoms with van der Waals surface area (Å²) in [7, 11) is 0. The van der Waals surface area contributed by atoms with Crippen molar-refractivity contribution in [2.24, 2.45) is 5.92 Å². The normalized spacial score (nSPS) is 11.3. The Balaban J connectivity index is 1.89. The average Bonchev–Trinajstić information content (AvgIpc) is 2.86. The van der Waals surface area contributed by atoms with Crippen LogP contribution in [0.25, 0.3) is 10.6 Å². The molecule has 0 aliphatic carbocycles.